The summed E-state index contributed by atoms with van der Waals surface area (Å²) in [5.74, 6) is 0.460. The average Bonchev–Trinajstić information content (AvgIpc) is 2.67. The van der Waals surface area contributed by atoms with Crippen molar-refractivity contribution in [3.8, 4) is 5.75 Å². The van der Waals surface area contributed by atoms with Crippen molar-refractivity contribution in [2.45, 2.75) is 6.54 Å². The monoisotopic (exact) mass is 402 g/mol. The summed E-state index contributed by atoms with van der Waals surface area (Å²) in [5, 5.41) is 8.62. The maximum Gasteiger partial charge on any atom is 0.187 e. The third-order valence-electron chi connectivity index (χ3n) is 3.74. The minimum atomic E-state index is -0.275. The summed E-state index contributed by atoms with van der Waals surface area (Å²) >= 11 is 11.4. The van der Waals surface area contributed by atoms with E-state index in [1.807, 2.05) is 24.3 Å². The number of nitrogens with zero attached hydrogens (tertiary/aromatic N) is 2. The molecule has 5 nitrogen and oxygen atoms in total. The zero-order valence-corrected chi connectivity index (χ0v) is 15.9. The third kappa shape index (κ3) is 5.12. The van der Waals surface area contributed by atoms with Gasteiger partial charge in [0.05, 0.1) is 18.8 Å². The Morgan fingerprint density at radius 3 is 2.78 bits per heavy atom. The number of benzene rings is 2. The van der Waals surface area contributed by atoms with E-state index in [1.165, 1.54) is 12.1 Å². The fourth-order valence-corrected chi connectivity index (χ4v) is 2.67. The van der Waals surface area contributed by atoms with Crippen LogP contribution in [0.25, 0.3) is 10.9 Å². The molecule has 1 heterocycles. The summed E-state index contributed by atoms with van der Waals surface area (Å²) in [7, 11) is 1.61. The molecule has 0 saturated heterocycles. The van der Waals surface area contributed by atoms with Gasteiger partial charge >= 0.3 is 0 Å². The second kappa shape index (κ2) is 8.75. The fourth-order valence-electron chi connectivity index (χ4n) is 2.35. The highest BCUT2D eigenvalue weighted by atomic mass is 35.5. The Morgan fingerprint density at radius 1 is 1.26 bits per heavy atom. The van der Waals surface area contributed by atoms with Gasteiger partial charge in [0.25, 0.3) is 0 Å². The van der Waals surface area contributed by atoms with Crippen LogP contribution in [0.2, 0.25) is 5.15 Å². The highest BCUT2D eigenvalue weighted by Gasteiger charge is 2.05. The standard InChI is InChI=1S/C19H16ClFN4OS/c1-26-16-6-7-17-13(9-16)8-14(18(20)24-17)11-23-25-19(27)22-10-12-2-4-15(21)5-3-12/h2-9,11H,10H2,1H3,(H2,22,25,27)/b23-11-. The lowest BCUT2D eigenvalue weighted by Crippen LogP contribution is -2.31. The van der Waals surface area contributed by atoms with E-state index in [-0.39, 0.29) is 5.82 Å². The summed E-state index contributed by atoms with van der Waals surface area (Å²) in [4.78, 5) is 4.34. The van der Waals surface area contributed by atoms with Gasteiger partial charge in [-0.2, -0.15) is 5.10 Å². The summed E-state index contributed by atoms with van der Waals surface area (Å²) in [6.07, 6.45) is 1.54. The van der Waals surface area contributed by atoms with Gasteiger partial charge < -0.3 is 10.1 Å². The van der Waals surface area contributed by atoms with E-state index in [9.17, 15) is 4.39 Å². The molecule has 8 heteroatoms. The number of thiocarbonyl (C=S) groups is 1. The van der Waals surface area contributed by atoms with Crippen LogP contribution in [0.15, 0.2) is 53.6 Å². The van der Waals surface area contributed by atoms with Crippen LogP contribution < -0.4 is 15.5 Å². The van der Waals surface area contributed by atoms with Crippen molar-refractivity contribution in [3.63, 3.8) is 0 Å². The molecule has 0 unspecified atom stereocenters. The van der Waals surface area contributed by atoms with Crippen molar-refractivity contribution < 1.29 is 9.13 Å². The van der Waals surface area contributed by atoms with Gasteiger partial charge in [-0.15, -0.1) is 0 Å². The molecule has 0 aliphatic rings. The van der Waals surface area contributed by atoms with Gasteiger partial charge in [0, 0.05) is 17.5 Å². The lowest BCUT2D eigenvalue weighted by atomic mass is 10.1. The second-order valence-corrected chi connectivity index (χ2v) is 6.37. The number of rotatable bonds is 5. The number of nitrogens with one attached hydrogen (secondary N) is 2. The topological polar surface area (TPSA) is 58.5 Å². The first-order valence-electron chi connectivity index (χ1n) is 8.01. The summed E-state index contributed by atoms with van der Waals surface area (Å²) < 4.78 is 18.1. The molecule has 0 aliphatic carbocycles. The molecule has 0 saturated carbocycles. The van der Waals surface area contributed by atoms with E-state index in [0.29, 0.717) is 22.4 Å². The molecular weight excluding hydrogens is 387 g/mol. The number of hydrogen-bond donors (Lipinski definition) is 2. The van der Waals surface area contributed by atoms with Gasteiger partial charge in [0.2, 0.25) is 0 Å². The Bertz CT molecular complexity index is 995. The largest absolute Gasteiger partial charge is 0.497 e. The number of aromatic nitrogens is 1. The fraction of sp³-hybridized carbons (Fsp3) is 0.105. The molecule has 3 rings (SSSR count). The number of methoxy groups -OCH3 is 1. The normalized spacial score (nSPS) is 10.9. The summed E-state index contributed by atoms with van der Waals surface area (Å²) in [6, 6.07) is 13.6. The molecule has 0 fully saturated rings. The van der Waals surface area contributed by atoms with Gasteiger partial charge in [-0.05, 0) is 54.2 Å². The Balaban J connectivity index is 1.62. The number of pyridine rings is 1. The van der Waals surface area contributed by atoms with E-state index in [0.717, 1.165) is 22.2 Å². The predicted molar refractivity (Wildman–Crippen MR) is 110 cm³/mol. The van der Waals surface area contributed by atoms with Crippen LogP contribution in [-0.2, 0) is 6.54 Å². The van der Waals surface area contributed by atoms with Gasteiger partial charge in [0.1, 0.15) is 16.7 Å². The molecule has 0 spiro atoms. The Kier molecular flexibility index (Phi) is 6.16. The number of hydrazone groups is 1. The van der Waals surface area contributed by atoms with Crippen molar-refractivity contribution >= 4 is 46.0 Å². The van der Waals surface area contributed by atoms with Gasteiger partial charge in [-0.3, -0.25) is 5.43 Å². The second-order valence-electron chi connectivity index (χ2n) is 5.61. The van der Waals surface area contributed by atoms with E-state index >= 15 is 0 Å². The van der Waals surface area contributed by atoms with E-state index in [2.05, 4.69) is 20.8 Å². The van der Waals surface area contributed by atoms with Crippen molar-refractivity contribution in [1.29, 1.82) is 0 Å². The molecule has 3 aromatic rings. The molecule has 0 radical (unpaired) electrons. The zero-order chi connectivity index (χ0) is 19.2. The molecule has 2 N–H and O–H groups in total. The molecular formula is C19H16ClFN4OS. The Morgan fingerprint density at radius 2 is 2.04 bits per heavy atom. The van der Waals surface area contributed by atoms with Crippen LogP contribution in [0.3, 0.4) is 0 Å². The van der Waals surface area contributed by atoms with Crippen LogP contribution >= 0.6 is 23.8 Å². The smallest absolute Gasteiger partial charge is 0.187 e. The lowest BCUT2D eigenvalue weighted by Gasteiger charge is -2.07. The van der Waals surface area contributed by atoms with Crippen molar-refractivity contribution in [2.75, 3.05) is 7.11 Å². The van der Waals surface area contributed by atoms with Crippen molar-refractivity contribution in [2.24, 2.45) is 5.10 Å². The zero-order valence-electron chi connectivity index (χ0n) is 14.4. The van der Waals surface area contributed by atoms with Crippen LogP contribution in [0.1, 0.15) is 11.1 Å². The molecule has 138 valence electrons. The maximum absolute atomic E-state index is 12.9. The lowest BCUT2D eigenvalue weighted by molar-refractivity contribution is 0.415. The molecule has 1 aromatic heterocycles. The quantitative estimate of drug-likeness (QED) is 0.292. The molecule has 0 atom stereocenters. The van der Waals surface area contributed by atoms with Crippen molar-refractivity contribution in [3.05, 3.63) is 70.6 Å². The van der Waals surface area contributed by atoms with Crippen LogP contribution in [0.4, 0.5) is 4.39 Å². The predicted octanol–water partition coefficient (Wildman–Crippen LogP) is 4.03. The van der Waals surface area contributed by atoms with Crippen LogP contribution in [0, 0.1) is 5.82 Å². The maximum atomic E-state index is 12.9. The average molecular weight is 403 g/mol. The van der Waals surface area contributed by atoms with E-state index in [1.54, 1.807) is 25.5 Å². The third-order valence-corrected chi connectivity index (χ3v) is 4.28. The Hall–Kier alpha value is -2.77. The highest BCUT2D eigenvalue weighted by molar-refractivity contribution is 7.80. The minimum Gasteiger partial charge on any atom is -0.497 e. The molecule has 0 amide bonds. The number of fused-ring (bicyclic) bond motifs is 1. The van der Waals surface area contributed by atoms with E-state index < -0.39 is 0 Å². The first-order valence-corrected chi connectivity index (χ1v) is 8.79. The number of hydrogen-bond acceptors (Lipinski definition) is 4. The van der Waals surface area contributed by atoms with Gasteiger partial charge in [0.15, 0.2) is 5.11 Å². The number of ether oxygens (including phenoxy) is 1. The van der Waals surface area contributed by atoms with Crippen LogP contribution in [-0.4, -0.2) is 23.4 Å². The highest BCUT2D eigenvalue weighted by Crippen LogP contribution is 2.23. The first-order chi connectivity index (χ1) is 13.0. The Labute approximate surface area is 166 Å². The molecule has 27 heavy (non-hydrogen) atoms. The van der Waals surface area contributed by atoms with Crippen molar-refractivity contribution in [1.82, 2.24) is 15.7 Å². The SMILES string of the molecule is COc1ccc2nc(Cl)c(/C=N\NC(=S)NCc3ccc(F)cc3)cc2c1. The molecule has 2 aromatic carbocycles. The van der Waals surface area contributed by atoms with Gasteiger partial charge in [-0.1, -0.05) is 23.7 Å². The summed E-state index contributed by atoms with van der Waals surface area (Å²) in [5.41, 5.74) is 5.03. The molecule has 0 aliphatic heterocycles. The van der Waals surface area contributed by atoms with E-state index in [4.69, 9.17) is 28.6 Å². The van der Waals surface area contributed by atoms with Crippen LogP contribution in [0.5, 0.6) is 5.75 Å². The molecule has 0 bridgehead atoms. The van der Waals surface area contributed by atoms with Gasteiger partial charge in [-0.25, -0.2) is 9.37 Å². The number of halogens is 2. The first kappa shape index (κ1) is 19.0. The summed E-state index contributed by atoms with van der Waals surface area (Å²) in [6.45, 7) is 0.458. The minimum absolute atomic E-state index is 0.275.